The Balaban J connectivity index is 1.95. The number of hydrogen-bond acceptors (Lipinski definition) is 6. The number of methoxy groups -OCH3 is 1. The highest BCUT2D eigenvalue weighted by molar-refractivity contribution is 7.18. The molecule has 0 atom stereocenters. The number of aromatic nitrogens is 2. The molecule has 1 N–H and O–H groups in total. The molecule has 1 aromatic carbocycles. The molecular weight excluding hydrogens is 324 g/mol. The number of carbonyl (C=O) groups is 1. The van der Waals surface area contributed by atoms with Gasteiger partial charge in [0.05, 0.1) is 13.7 Å². The molecule has 130 valence electrons. The highest BCUT2D eigenvalue weighted by Crippen LogP contribution is 2.27. The standard InChI is InChI=1S/C17H24N4O2S/c1-4-10-21(11-5-2)12-15(22)18-17-20-19-16(24-17)13-6-8-14(23-3)9-7-13/h6-9H,4-5,10-12H2,1-3H3,(H,18,20,22). The van der Waals surface area contributed by atoms with Crippen LogP contribution in [0.25, 0.3) is 10.6 Å². The summed E-state index contributed by atoms with van der Waals surface area (Å²) in [5, 5.41) is 12.3. The fourth-order valence-electron chi connectivity index (χ4n) is 2.39. The van der Waals surface area contributed by atoms with E-state index in [9.17, 15) is 4.79 Å². The number of nitrogens with one attached hydrogen (secondary N) is 1. The molecule has 0 aliphatic carbocycles. The number of amides is 1. The van der Waals surface area contributed by atoms with E-state index in [-0.39, 0.29) is 5.91 Å². The van der Waals surface area contributed by atoms with Crippen molar-refractivity contribution in [2.45, 2.75) is 26.7 Å². The fourth-order valence-corrected chi connectivity index (χ4v) is 3.15. The molecule has 0 bridgehead atoms. The first-order valence-corrected chi connectivity index (χ1v) is 8.98. The summed E-state index contributed by atoms with van der Waals surface area (Å²) in [6.45, 7) is 6.47. The summed E-state index contributed by atoms with van der Waals surface area (Å²) >= 11 is 1.37. The van der Waals surface area contributed by atoms with E-state index >= 15 is 0 Å². The van der Waals surface area contributed by atoms with Crippen LogP contribution in [0, 0.1) is 0 Å². The molecule has 0 unspecified atom stereocenters. The van der Waals surface area contributed by atoms with Gasteiger partial charge in [-0.1, -0.05) is 25.2 Å². The van der Waals surface area contributed by atoms with E-state index in [1.165, 1.54) is 11.3 Å². The van der Waals surface area contributed by atoms with E-state index in [1.807, 2.05) is 24.3 Å². The Morgan fingerprint density at radius 2 is 1.83 bits per heavy atom. The van der Waals surface area contributed by atoms with Gasteiger partial charge in [0.15, 0.2) is 0 Å². The summed E-state index contributed by atoms with van der Waals surface area (Å²) in [6.07, 6.45) is 2.07. The van der Waals surface area contributed by atoms with E-state index in [0.29, 0.717) is 11.7 Å². The Bertz CT molecular complexity index is 636. The van der Waals surface area contributed by atoms with Crippen LogP contribution in [0.2, 0.25) is 0 Å². The van der Waals surface area contributed by atoms with Crippen LogP contribution in [0.1, 0.15) is 26.7 Å². The van der Waals surface area contributed by atoms with Crippen LogP contribution >= 0.6 is 11.3 Å². The number of rotatable bonds is 9. The number of anilines is 1. The van der Waals surface area contributed by atoms with Gasteiger partial charge in [-0.15, -0.1) is 10.2 Å². The van der Waals surface area contributed by atoms with Gasteiger partial charge in [-0.3, -0.25) is 15.0 Å². The largest absolute Gasteiger partial charge is 0.497 e. The lowest BCUT2D eigenvalue weighted by atomic mass is 10.2. The zero-order chi connectivity index (χ0) is 17.4. The van der Waals surface area contributed by atoms with Crippen LogP contribution in [0.15, 0.2) is 24.3 Å². The molecule has 0 fully saturated rings. The number of ether oxygens (including phenoxy) is 1. The zero-order valence-electron chi connectivity index (χ0n) is 14.4. The molecule has 0 aliphatic rings. The van der Waals surface area contributed by atoms with Gasteiger partial charge in [-0.25, -0.2) is 0 Å². The molecule has 0 spiro atoms. The van der Waals surface area contributed by atoms with Gasteiger partial charge in [-0.05, 0) is 50.2 Å². The van der Waals surface area contributed by atoms with E-state index in [4.69, 9.17) is 4.74 Å². The average molecular weight is 348 g/mol. The Kier molecular flexibility index (Phi) is 7.14. The number of hydrogen-bond donors (Lipinski definition) is 1. The Labute approximate surface area is 146 Å². The summed E-state index contributed by atoms with van der Waals surface area (Å²) in [7, 11) is 1.63. The van der Waals surface area contributed by atoms with Gasteiger partial charge >= 0.3 is 0 Å². The summed E-state index contributed by atoms with van der Waals surface area (Å²) in [4.78, 5) is 14.3. The van der Waals surface area contributed by atoms with Crippen molar-refractivity contribution in [3.8, 4) is 16.3 Å². The van der Waals surface area contributed by atoms with Crippen molar-refractivity contribution < 1.29 is 9.53 Å². The van der Waals surface area contributed by atoms with Crippen LogP contribution in [0.5, 0.6) is 5.75 Å². The van der Waals surface area contributed by atoms with Gasteiger partial charge in [-0.2, -0.15) is 0 Å². The molecule has 0 saturated carbocycles. The van der Waals surface area contributed by atoms with Crippen molar-refractivity contribution in [2.75, 3.05) is 32.1 Å². The fraction of sp³-hybridized carbons (Fsp3) is 0.471. The van der Waals surface area contributed by atoms with Crippen LogP contribution in [-0.2, 0) is 4.79 Å². The van der Waals surface area contributed by atoms with Gasteiger partial charge in [0.25, 0.3) is 0 Å². The van der Waals surface area contributed by atoms with Crippen LogP contribution < -0.4 is 10.1 Å². The molecule has 1 heterocycles. The summed E-state index contributed by atoms with van der Waals surface area (Å²) in [6, 6.07) is 7.61. The van der Waals surface area contributed by atoms with Gasteiger partial charge in [0.1, 0.15) is 10.8 Å². The monoisotopic (exact) mass is 348 g/mol. The zero-order valence-corrected chi connectivity index (χ0v) is 15.2. The summed E-state index contributed by atoms with van der Waals surface area (Å²) in [5.41, 5.74) is 0.951. The van der Waals surface area contributed by atoms with Gasteiger partial charge in [0, 0.05) is 5.56 Å². The molecule has 2 rings (SSSR count). The number of carbonyl (C=O) groups excluding carboxylic acids is 1. The van der Waals surface area contributed by atoms with Crippen molar-refractivity contribution in [3.63, 3.8) is 0 Å². The summed E-state index contributed by atoms with van der Waals surface area (Å²) in [5.74, 6) is 0.748. The normalized spacial score (nSPS) is 10.8. The quantitative estimate of drug-likeness (QED) is 0.753. The lowest BCUT2D eigenvalue weighted by Crippen LogP contribution is -2.34. The highest BCUT2D eigenvalue weighted by atomic mass is 32.1. The third-order valence-electron chi connectivity index (χ3n) is 3.46. The highest BCUT2D eigenvalue weighted by Gasteiger charge is 2.13. The third kappa shape index (κ3) is 5.28. The van der Waals surface area contributed by atoms with Crippen molar-refractivity contribution in [3.05, 3.63) is 24.3 Å². The molecule has 2 aromatic rings. The minimum absolute atomic E-state index is 0.0469. The van der Waals surface area contributed by atoms with Crippen molar-refractivity contribution >= 4 is 22.4 Å². The first kappa shape index (κ1) is 18.4. The van der Waals surface area contributed by atoms with E-state index in [0.717, 1.165) is 42.3 Å². The molecule has 7 heteroatoms. The van der Waals surface area contributed by atoms with Crippen molar-refractivity contribution in [1.29, 1.82) is 0 Å². The molecule has 24 heavy (non-hydrogen) atoms. The SMILES string of the molecule is CCCN(CCC)CC(=O)Nc1nnc(-c2ccc(OC)cc2)s1. The smallest absolute Gasteiger partial charge is 0.240 e. The van der Waals surface area contributed by atoms with E-state index in [2.05, 4.69) is 34.3 Å². The Morgan fingerprint density at radius 1 is 1.17 bits per heavy atom. The van der Waals surface area contributed by atoms with Crippen molar-refractivity contribution in [1.82, 2.24) is 15.1 Å². The first-order chi connectivity index (χ1) is 11.7. The summed E-state index contributed by atoms with van der Waals surface area (Å²) < 4.78 is 5.15. The lowest BCUT2D eigenvalue weighted by Gasteiger charge is -2.19. The molecule has 6 nitrogen and oxygen atoms in total. The topological polar surface area (TPSA) is 67.4 Å². The maximum Gasteiger partial charge on any atom is 0.240 e. The third-order valence-corrected chi connectivity index (χ3v) is 4.34. The average Bonchev–Trinajstić information content (AvgIpc) is 3.03. The molecule has 0 saturated heterocycles. The maximum atomic E-state index is 12.2. The maximum absolute atomic E-state index is 12.2. The van der Waals surface area contributed by atoms with Gasteiger partial charge in [0.2, 0.25) is 11.0 Å². The Hall–Kier alpha value is -1.99. The minimum Gasteiger partial charge on any atom is -0.497 e. The predicted molar refractivity (Wildman–Crippen MR) is 97.5 cm³/mol. The van der Waals surface area contributed by atoms with E-state index < -0.39 is 0 Å². The van der Waals surface area contributed by atoms with E-state index in [1.54, 1.807) is 7.11 Å². The lowest BCUT2D eigenvalue weighted by molar-refractivity contribution is -0.117. The molecule has 0 aliphatic heterocycles. The van der Waals surface area contributed by atoms with Crippen LogP contribution in [-0.4, -0.2) is 47.7 Å². The van der Waals surface area contributed by atoms with Gasteiger partial charge < -0.3 is 4.74 Å². The minimum atomic E-state index is -0.0469. The molecule has 0 radical (unpaired) electrons. The molecule has 1 amide bonds. The Morgan fingerprint density at radius 3 is 2.42 bits per heavy atom. The second kappa shape index (κ2) is 9.34. The second-order valence-electron chi connectivity index (χ2n) is 5.47. The second-order valence-corrected chi connectivity index (χ2v) is 6.44. The van der Waals surface area contributed by atoms with Crippen molar-refractivity contribution in [2.24, 2.45) is 0 Å². The number of benzene rings is 1. The molecular formula is C17H24N4O2S. The molecule has 1 aromatic heterocycles. The predicted octanol–water partition coefficient (Wildman–Crippen LogP) is 3.27. The van der Waals surface area contributed by atoms with Crippen LogP contribution in [0.3, 0.4) is 0 Å². The first-order valence-electron chi connectivity index (χ1n) is 8.16. The van der Waals surface area contributed by atoms with Crippen LogP contribution in [0.4, 0.5) is 5.13 Å². The number of nitrogens with zero attached hydrogens (tertiary/aromatic N) is 3.